The summed E-state index contributed by atoms with van der Waals surface area (Å²) >= 11 is 3.28. The first-order chi connectivity index (χ1) is 15.1. The van der Waals surface area contributed by atoms with Gasteiger partial charge in [-0.05, 0) is 67.6 Å². The Labute approximate surface area is 199 Å². The fourth-order valence-corrected chi connectivity index (χ4v) is 5.80. The van der Waals surface area contributed by atoms with Crippen LogP contribution in [-0.4, -0.2) is 47.5 Å². The van der Waals surface area contributed by atoms with E-state index in [1.807, 2.05) is 65.2 Å². The molecule has 0 amide bonds. The van der Waals surface area contributed by atoms with Crippen molar-refractivity contribution in [1.82, 2.24) is 14.8 Å². The minimum atomic E-state index is -0.324. The number of thiophene rings is 1. The van der Waals surface area contributed by atoms with E-state index in [4.69, 9.17) is 4.98 Å². The molecule has 0 fully saturated rings. The molecule has 0 aliphatic rings. The fourth-order valence-electron chi connectivity index (χ4n) is 4.22. The first-order valence-corrected chi connectivity index (χ1v) is 12.7. The zero-order valence-corrected chi connectivity index (χ0v) is 21.6. The Morgan fingerprint density at radius 1 is 1.09 bits per heavy atom. The molecule has 0 spiro atoms. The number of nitrogens with zero attached hydrogens (tertiary/aromatic N) is 3. The van der Waals surface area contributed by atoms with Gasteiger partial charge in [-0.1, -0.05) is 26.8 Å². The topological polar surface area (TPSA) is 53.5 Å². The molecule has 0 aliphatic carbocycles. The van der Waals surface area contributed by atoms with Crippen molar-refractivity contribution in [2.24, 2.45) is 5.92 Å². The second kappa shape index (κ2) is 10.3. The average Bonchev–Trinajstić information content (AvgIpc) is 3.37. The number of likely N-dealkylation sites (N-methyl/N-ethyl adjacent to an activating group) is 2. The first kappa shape index (κ1) is 24.7. The highest BCUT2D eigenvalue weighted by Crippen LogP contribution is 2.34. The Morgan fingerprint density at radius 3 is 2.38 bits per heavy atom. The van der Waals surface area contributed by atoms with Crippen LogP contribution in [-0.2, 0) is 16.1 Å². The van der Waals surface area contributed by atoms with E-state index >= 15 is 0 Å². The van der Waals surface area contributed by atoms with Crippen LogP contribution < -0.4 is 0 Å². The zero-order valence-electron chi connectivity index (χ0n) is 20.0. The van der Waals surface area contributed by atoms with E-state index in [1.165, 1.54) is 0 Å². The zero-order chi connectivity index (χ0) is 23.6. The highest BCUT2D eigenvalue weighted by molar-refractivity contribution is 7.18. The smallest absolute Gasteiger partial charge is 0.156 e. The van der Waals surface area contributed by atoms with Crippen LogP contribution in [0.3, 0.4) is 0 Å². The Kier molecular flexibility index (Phi) is 7.98. The van der Waals surface area contributed by atoms with Gasteiger partial charge in [-0.3, -0.25) is 19.4 Å². The lowest BCUT2D eigenvalue weighted by Crippen LogP contribution is -2.31. The standard InChI is InChI=1S/C25H33N3O2S2/c1-8-21(29)22(17-9-10-31-14-17)28(7)13-19-11-18(12-20-25(19)32-16(4)26-20)23(27(5)6)24(30)15(2)3/h9-12,14-15,22-23H,8,13H2,1-7H3. The molecule has 5 nitrogen and oxygen atoms in total. The van der Waals surface area contributed by atoms with Crippen LogP contribution in [0.2, 0.25) is 0 Å². The number of fused-ring (bicyclic) bond motifs is 1. The van der Waals surface area contributed by atoms with Crippen molar-refractivity contribution in [2.75, 3.05) is 21.1 Å². The summed E-state index contributed by atoms with van der Waals surface area (Å²) in [6, 6.07) is 5.63. The van der Waals surface area contributed by atoms with Crippen LogP contribution in [0.4, 0.5) is 0 Å². The van der Waals surface area contributed by atoms with Crippen LogP contribution in [0.5, 0.6) is 0 Å². The van der Waals surface area contributed by atoms with Gasteiger partial charge in [0.2, 0.25) is 0 Å². The molecule has 0 N–H and O–H groups in total. The Bertz CT molecular complexity index is 1090. The lowest BCUT2D eigenvalue weighted by molar-refractivity contribution is -0.126. The van der Waals surface area contributed by atoms with E-state index in [0.717, 1.165) is 31.9 Å². The normalized spacial score (nSPS) is 13.9. The lowest BCUT2D eigenvalue weighted by atomic mass is 9.93. The van der Waals surface area contributed by atoms with Gasteiger partial charge in [0.05, 0.1) is 27.3 Å². The highest BCUT2D eigenvalue weighted by atomic mass is 32.1. The molecule has 2 heterocycles. The van der Waals surface area contributed by atoms with Gasteiger partial charge < -0.3 is 0 Å². The number of hydrogen-bond donors (Lipinski definition) is 0. The average molecular weight is 472 g/mol. The van der Waals surface area contributed by atoms with Gasteiger partial charge in [-0.15, -0.1) is 11.3 Å². The second-order valence-corrected chi connectivity index (χ2v) is 10.9. The molecular formula is C25H33N3O2S2. The molecule has 2 atom stereocenters. The Hall–Kier alpha value is -1.93. The third-order valence-corrected chi connectivity index (χ3v) is 7.50. The van der Waals surface area contributed by atoms with Crippen molar-refractivity contribution in [2.45, 2.75) is 52.7 Å². The van der Waals surface area contributed by atoms with Crippen molar-refractivity contribution in [1.29, 1.82) is 0 Å². The number of rotatable bonds is 10. The molecule has 3 rings (SSSR count). The summed E-state index contributed by atoms with van der Waals surface area (Å²) in [6.07, 6.45) is 0.492. The van der Waals surface area contributed by atoms with Gasteiger partial charge in [0.15, 0.2) is 11.6 Å². The maximum Gasteiger partial charge on any atom is 0.156 e. The number of ketones is 2. The summed E-state index contributed by atoms with van der Waals surface area (Å²) in [5.41, 5.74) is 4.03. The minimum Gasteiger partial charge on any atom is -0.298 e. The summed E-state index contributed by atoms with van der Waals surface area (Å²) in [6.45, 7) is 8.42. The van der Waals surface area contributed by atoms with E-state index in [-0.39, 0.29) is 29.6 Å². The number of carbonyl (C=O) groups excluding carboxylic acids is 2. The second-order valence-electron chi connectivity index (χ2n) is 8.88. The van der Waals surface area contributed by atoms with E-state index in [2.05, 4.69) is 22.4 Å². The molecular weight excluding hydrogens is 438 g/mol. The number of benzene rings is 1. The molecule has 0 saturated heterocycles. The predicted molar refractivity (Wildman–Crippen MR) is 134 cm³/mol. The van der Waals surface area contributed by atoms with Crippen LogP contribution in [0.25, 0.3) is 10.2 Å². The van der Waals surface area contributed by atoms with Gasteiger partial charge in [0.25, 0.3) is 0 Å². The SMILES string of the molecule is CCC(=O)C(c1ccsc1)N(C)Cc1cc(C(C(=O)C(C)C)N(C)C)cc2nc(C)sc12. The molecule has 0 bridgehead atoms. The largest absolute Gasteiger partial charge is 0.298 e. The van der Waals surface area contributed by atoms with Crippen molar-refractivity contribution < 1.29 is 9.59 Å². The Balaban J connectivity index is 2.07. The lowest BCUT2D eigenvalue weighted by Gasteiger charge is -2.28. The summed E-state index contributed by atoms with van der Waals surface area (Å²) < 4.78 is 1.13. The van der Waals surface area contributed by atoms with Crippen LogP contribution >= 0.6 is 22.7 Å². The van der Waals surface area contributed by atoms with Crippen LogP contribution in [0, 0.1) is 12.8 Å². The van der Waals surface area contributed by atoms with Crippen molar-refractivity contribution in [3.05, 3.63) is 50.7 Å². The Morgan fingerprint density at radius 2 is 1.81 bits per heavy atom. The molecule has 1 aromatic carbocycles. The summed E-state index contributed by atoms with van der Waals surface area (Å²) in [7, 11) is 5.89. The van der Waals surface area contributed by atoms with Gasteiger partial charge in [0.1, 0.15) is 0 Å². The maximum absolute atomic E-state index is 13.0. The van der Waals surface area contributed by atoms with E-state index in [0.29, 0.717) is 13.0 Å². The van der Waals surface area contributed by atoms with E-state index < -0.39 is 0 Å². The summed E-state index contributed by atoms with van der Waals surface area (Å²) in [4.78, 5) is 34.7. The number of thiazole rings is 1. The minimum absolute atomic E-state index is 0.0634. The molecule has 2 aromatic heterocycles. The van der Waals surface area contributed by atoms with Gasteiger partial charge in [0, 0.05) is 18.9 Å². The number of Topliss-reactive ketones (excluding diaryl/α,β-unsaturated/α-hetero) is 2. The number of carbonyl (C=O) groups is 2. The van der Waals surface area contributed by atoms with Crippen molar-refractivity contribution in [3.63, 3.8) is 0 Å². The van der Waals surface area contributed by atoms with E-state index in [9.17, 15) is 9.59 Å². The third-order valence-electron chi connectivity index (χ3n) is 5.74. The maximum atomic E-state index is 13.0. The molecule has 3 aromatic rings. The van der Waals surface area contributed by atoms with Gasteiger partial charge >= 0.3 is 0 Å². The molecule has 0 saturated carbocycles. The summed E-state index contributed by atoms with van der Waals surface area (Å²) in [5, 5.41) is 5.07. The molecule has 2 unspecified atom stereocenters. The molecule has 0 aliphatic heterocycles. The van der Waals surface area contributed by atoms with E-state index in [1.54, 1.807) is 22.7 Å². The van der Waals surface area contributed by atoms with Crippen molar-refractivity contribution >= 4 is 44.5 Å². The number of hydrogen-bond acceptors (Lipinski definition) is 7. The summed E-state index contributed by atoms with van der Waals surface area (Å²) in [5.74, 6) is 0.337. The first-order valence-electron chi connectivity index (χ1n) is 11.0. The quantitative estimate of drug-likeness (QED) is 0.383. The molecule has 0 radical (unpaired) electrons. The molecule has 32 heavy (non-hydrogen) atoms. The number of aryl methyl sites for hydroxylation is 1. The van der Waals surface area contributed by atoms with Gasteiger partial charge in [-0.25, -0.2) is 4.98 Å². The third kappa shape index (κ3) is 5.17. The van der Waals surface area contributed by atoms with Crippen LogP contribution in [0.1, 0.15) is 61.0 Å². The van der Waals surface area contributed by atoms with Gasteiger partial charge in [-0.2, -0.15) is 11.3 Å². The monoisotopic (exact) mass is 471 g/mol. The molecule has 172 valence electrons. The fraction of sp³-hybridized carbons (Fsp3) is 0.480. The molecule has 7 heteroatoms. The van der Waals surface area contributed by atoms with Crippen molar-refractivity contribution in [3.8, 4) is 0 Å². The predicted octanol–water partition coefficient (Wildman–Crippen LogP) is 5.65. The highest BCUT2D eigenvalue weighted by Gasteiger charge is 2.28. The number of aromatic nitrogens is 1. The van der Waals surface area contributed by atoms with Crippen LogP contribution in [0.15, 0.2) is 29.0 Å².